The minimum atomic E-state index is -0.107. The smallest absolute Gasteiger partial charge is 0.234 e. The van der Waals surface area contributed by atoms with Crippen LogP contribution in [0.15, 0.2) is 40.9 Å². The third-order valence-corrected chi connectivity index (χ3v) is 3.87. The van der Waals surface area contributed by atoms with Gasteiger partial charge in [-0.05, 0) is 18.9 Å². The number of amides is 2. The molecule has 0 bridgehead atoms. The molecule has 0 spiro atoms. The lowest BCUT2D eigenvalue weighted by Gasteiger charge is -2.25. The quantitative estimate of drug-likeness (QED) is 0.848. The second-order valence-corrected chi connectivity index (χ2v) is 5.68. The Bertz CT molecular complexity index is 696. The van der Waals surface area contributed by atoms with Gasteiger partial charge in [-0.25, -0.2) is 0 Å². The molecule has 1 saturated heterocycles. The molecule has 0 unspecified atom stereocenters. The number of likely N-dealkylation sites (tertiary alicyclic amines) is 1. The van der Waals surface area contributed by atoms with Gasteiger partial charge in [0.05, 0.1) is 6.42 Å². The minimum Gasteiger partial charge on any atom is -0.360 e. The second-order valence-electron chi connectivity index (χ2n) is 5.68. The fourth-order valence-electron chi connectivity index (χ4n) is 2.65. The van der Waals surface area contributed by atoms with Gasteiger partial charge in [0.2, 0.25) is 11.8 Å². The van der Waals surface area contributed by atoms with Crippen molar-refractivity contribution in [2.75, 3.05) is 18.1 Å². The van der Waals surface area contributed by atoms with Crippen LogP contribution in [0.4, 0.5) is 5.82 Å². The van der Waals surface area contributed by atoms with Gasteiger partial charge in [-0.3, -0.25) is 14.5 Å². The lowest BCUT2D eigenvalue weighted by atomic mass is 10.1. The fourth-order valence-corrected chi connectivity index (χ4v) is 2.65. The number of rotatable bonds is 5. The van der Waals surface area contributed by atoms with Crippen LogP contribution in [-0.4, -0.2) is 35.1 Å². The number of nitrogens with zero attached hydrogens (tertiary/aromatic N) is 3. The molecule has 6 heteroatoms. The monoisotopic (exact) mass is 313 g/mol. The van der Waals surface area contributed by atoms with Crippen molar-refractivity contribution in [3.05, 3.63) is 47.7 Å². The van der Waals surface area contributed by atoms with E-state index in [-0.39, 0.29) is 24.9 Å². The first kappa shape index (κ1) is 15.3. The normalized spacial score (nSPS) is 14.3. The SMILES string of the molecule is Cc1cc(N(CN2CCCC2=O)C(=O)Cc2ccccc2)no1. The number of aromatic nitrogens is 1. The molecule has 0 N–H and O–H groups in total. The molecule has 2 heterocycles. The Kier molecular flexibility index (Phi) is 4.41. The summed E-state index contributed by atoms with van der Waals surface area (Å²) in [5, 5.41) is 3.94. The Labute approximate surface area is 134 Å². The van der Waals surface area contributed by atoms with Gasteiger partial charge in [-0.15, -0.1) is 0 Å². The third kappa shape index (κ3) is 3.59. The first-order chi connectivity index (χ1) is 11.1. The van der Waals surface area contributed by atoms with Crippen molar-refractivity contribution in [2.45, 2.75) is 26.2 Å². The van der Waals surface area contributed by atoms with Crippen LogP contribution in [0.5, 0.6) is 0 Å². The molecule has 0 radical (unpaired) electrons. The van der Waals surface area contributed by atoms with Gasteiger partial charge in [-0.1, -0.05) is 35.5 Å². The predicted octanol–water partition coefficient (Wildman–Crippen LogP) is 2.14. The zero-order valence-electron chi connectivity index (χ0n) is 13.1. The van der Waals surface area contributed by atoms with Crippen LogP contribution in [0.25, 0.3) is 0 Å². The third-order valence-electron chi connectivity index (χ3n) is 3.87. The van der Waals surface area contributed by atoms with Crippen molar-refractivity contribution < 1.29 is 14.1 Å². The van der Waals surface area contributed by atoms with E-state index in [4.69, 9.17) is 4.52 Å². The van der Waals surface area contributed by atoms with Crippen LogP contribution in [0.2, 0.25) is 0 Å². The molecule has 23 heavy (non-hydrogen) atoms. The van der Waals surface area contributed by atoms with Gasteiger partial charge in [-0.2, -0.15) is 0 Å². The lowest BCUT2D eigenvalue weighted by Crippen LogP contribution is -2.43. The Balaban J connectivity index is 1.79. The first-order valence-corrected chi connectivity index (χ1v) is 7.69. The van der Waals surface area contributed by atoms with E-state index in [1.807, 2.05) is 30.3 Å². The van der Waals surface area contributed by atoms with E-state index in [2.05, 4.69) is 5.16 Å². The highest BCUT2D eigenvalue weighted by Crippen LogP contribution is 2.19. The maximum Gasteiger partial charge on any atom is 0.234 e. The van der Waals surface area contributed by atoms with E-state index in [1.54, 1.807) is 17.9 Å². The average molecular weight is 313 g/mol. The van der Waals surface area contributed by atoms with Crippen LogP contribution in [-0.2, 0) is 16.0 Å². The Morgan fingerprint density at radius 1 is 1.35 bits per heavy atom. The maximum absolute atomic E-state index is 12.7. The van der Waals surface area contributed by atoms with E-state index in [1.165, 1.54) is 4.90 Å². The van der Waals surface area contributed by atoms with Gasteiger partial charge >= 0.3 is 0 Å². The first-order valence-electron chi connectivity index (χ1n) is 7.69. The minimum absolute atomic E-state index is 0.0720. The molecule has 1 fully saturated rings. The van der Waals surface area contributed by atoms with E-state index < -0.39 is 0 Å². The molecule has 1 aromatic carbocycles. The molecular formula is C17H19N3O3. The van der Waals surface area contributed by atoms with Crippen molar-refractivity contribution in [1.82, 2.24) is 10.1 Å². The number of benzene rings is 1. The molecule has 0 saturated carbocycles. The summed E-state index contributed by atoms with van der Waals surface area (Å²) in [5.41, 5.74) is 0.926. The molecule has 0 atom stereocenters. The molecular weight excluding hydrogens is 294 g/mol. The zero-order valence-corrected chi connectivity index (χ0v) is 13.1. The highest BCUT2D eigenvalue weighted by Gasteiger charge is 2.27. The zero-order chi connectivity index (χ0) is 16.2. The van der Waals surface area contributed by atoms with Crippen molar-refractivity contribution >= 4 is 17.6 Å². The topological polar surface area (TPSA) is 66.7 Å². The average Bonchev–Trinajstić information content (AvgIpc) is 3.14. The molecule has 2 amide bonds. The van der Waals surface area contributed by atoms with Crippen molar-refractivity contribution in [2.24, 2.45) is 0 Å². The summed E-state index contributed by atoms with van der Waals surface area (Å²) < 4.78 is 5.09. The molecule has 1 aliphatic heterocycles. The summed E-state index contributed by atoms with van der Waals surface area (Å²) in [6.07, 6.45) is 1.63. The Hall–Kier alpha value is -2.63. The Morgan fingerprint density at radius 3 is 2.74 bits per heavy atom. The summed E-state index contributed by atoms with van der Waals surface area (Å²) >= 11 is 0. The lowest BCUT2D eigenvalue weighted by molar-refractivity contribution is -0.128. The van der Waals surface area contributed by atoms with Crippen LogP contribution >= 0.6 is 0 Å². The Morgan fingerprint density at radius 2 is 2.13 bits per heavy atom. The predicted molar refractivity (Wildman–Crippen MR) is 84.7 cm³/mol. The second kappa shape index (κ2) is 6.64. The molecule has 6 nitrogen and oxygen atoms in total. The van der Waals surface area contributed by atoms with Gasteiger partial charge < -0.3 is 9.42 Å². The summed E-state index contributed by atoms with van der Waals surface area (Å²) in [7, 11) is 0. The van der Waals surface area contributed by atoms with Crippen molar-refractivity contribution in [1.29, 1.82) is 0 Å². The standard InChI is InChI=1S/C17H19N3O3/c1-13-10-15(18-23-13)20(12-19-9-5-8-16(19)21)17(22)11-14-6-3-2-4-7-14/h2-4,6-7,10H,5,8-9,11-12H2,1H3. The number of aryl methyl sites for hydroxylation is 1. The van der Waals surface area contributed by atoms with Crippen LogP contribution in [0, 0.1) is 6.92 Å². The van der Waals surface area contributed by atoms with Crippen molar-refractivity contribution in [3.63, 3.8) is 0 Å². The van der Waals surface area contributed by atoms with Crippen LogP contribution in [0.3, 0.4) is 0 Å². The molecule has 1 aromatic heterocycles. The highest BCUT2D eigenvalue weighted by molar-refractivity contribution is 5.94. The number of carbonyl (C=O) groups is 2. The van der Waals surface area contributed by atoms with Crippen LogP contribution in [0.1, 0.15) is 24.2 Å². The fraction of sp³-hybridized carbons (Fsp3) is 0.353. The highest BCUT2D eigenvalue weighted by atomic mass is 16.5. The van der Waals surface area contributed by atoms with Crippen LogP contribution < -0.4 is 4.90 Å². The van der Waals surface area contributed by atoms with Gasteiger partial charge in [0.25, 0.3) is 0 Å². The largest absolute Gasteiger partial charge is 0.360 e. The van der Waals surface area contributed by atoms with E-state index in [0.717, 1.165) is 12.0 Å². The molecule has 3 rings (SSSR count). The molecule has 0 aliphatic carbocycles. The van der Waals surface area contributed by atoms with Gasteiger partial charge in [0.15, 0.2) is 5.82 Å². The van der Waals surface area contributed by atoms with E-state index in [9.17, 15) is 9.59 Å². The number of hydrogen-bond donors (Lipinski definition) is 0. The van der Waals surface area contributed by atoms with Gasteiger partial charge in [0, 0.05) is 19.0 Å². The summed E-state index contributed by atoms with van der Waals surface area (Å²) in [6, 6.07) is 11.2. The van der Waals surface area contributed by atoms with Gasteiger partial charge in [0.1, 0.15) is 12.4 Å². The molecule has 2 aromatic rings. The number of hydrogen-bond acceptors (Lipinski definition) is 4. The molecule has 120 valence electrons. The summed E-state index contributed by atoms with van der Waals surface area (Å²) in [5.74, 6) is 1.04. The summed E-state index contributed by atoms with van der Waals surface area (Å²) in [6.45, 7) is 2.67. The maximum atomic E-state index is 12.7. The van der Waals surface area contributed by atoms with E-state index >= 15 is 0 Å². The number of carbonyl (C=O) groups excluding carboxylic acids is 2. The van der Waals surface area contributed by atoms with Crippen molar-refractivity contribution in [3.8, 4) is 0 Å². The number of anilines is 1. The molecule has 1 aliphatic rings. The summed E-state index contributed by atoms with van der Waals surface area (Å²) in [4.78, 5) is 27.8. The van der Waals surface area contributed by atoms with E-state index in [0.29, 0.717) is 24.5 Å².